The van der Waals surface area contributed by atoms with Crippen LogP contribution < -0.4 is 4.74 Å². The van der Waals surface area contributed by atoms with Gasteiger partial charge < -0.3 is 9.84 Å². The molecular formula is C11H15ClO2. The Kier molecular flexibility index (Phi) is 3.78. The Morgan fingerprint density at radius 1 is 1.36 bits per heavy atom. The molecule has 0 aliphatic rings. The van der Waals surface area contributed by atoms with Gasteiger partial charge in [0, 0.05) is 5.02 Å². The molecule has 2 atom stereocenters. The molecule has 0 saturated heterocycles. The van der Waals surface area contributed by atoms with Crippen LogP contribution in [0.25, 0.3) is 0 Å². The average molecular weight is 215 g/mol. The number of halogens is 1. The molecule has 78 valence electrons. The zero-order valence-corrected chi connectivity index (χ0v) is 9.38. The molecule has 0 aliphatic carbocycles. The normalized spacial score (nSPS) is 14.9. The molecule has 3 heteroatoms. The topological polar surface area (TPSA) is 29.5 Å². The summed E-state index contributed by atoms with van der Waals surface area (Å²) in [6, 6.07) is 5.47. The molecule has 1 aromatic carbocycles. The van der Waals surface area contributed by atoms with E-state index in [2.05, 4.69) is 0 Å². The molecule has 1 N–H and O–H groups in total. The number of benzene rings is 1. The maximum Gasteiger partial charge on any atom is 0.124 e. The summed E-state index contributed by atoms with van der Waals surface area (Å²) in [5.41, 5.74) is 1.02. The molecule has 0 aromatic heterocycles. The fourth-order valence-corrected chi connectivity index (χ4v) is 1.16. The highest BCUT2D eigenvalue weighted by atomic mass is 35.5. The van der Waals surface area contributed by atoms with Crippen LogP contribution in [0.15, 0.2) is 18.2 Å². The van der Waals surface area contributed by atoms with Gasteiger partial charge in [0.25, 0.3) is 0 Å². The third-order valence-electron chi connectivity index (χ3n) is 2.14. The molecule has 0 amide bonds. The SMILES string of the molecule is Cc1ccc(Cl)cc1OC(C)C(C)O. The number of aliphatic hydroxyl groups excluding tert-OH is 1. The van der Waals surface area contributed by atoms with Crippen molar-refractivity contribution in [3.8, 4) is 5.75 Å². The van der Waals surface area contributed by atoms with Crippen molar-refractivity contribution in [1.82, 2.24) is 0 Å². The van der Waals surface area contributed by atoms with Crippen molar-refractivity contribution in [3.63, 3.8) is 0 Å². The minimum Gasteiger partial charge on any atom is -0.488 e. The van der Waals surface area contributed by atoms with E-state index in [1.807, 2.05) is 26.0 Å². The monoisotopic (exact) mass is 214 g/mol. The van der Waals surface area contributed by atoms with E-state index in [-0.39, 0.29) is 6.10 Å². The predicted molar refractivity (Wildman–Crippen MR) is 58.0 cm³/mol. The minimum atomic E-state index is -0.492. The molecule has 0 spiro atoms. The Morgan fingerprint density at radius 3 is 2.57 bits per heavy atom. The summed E-state index contributed by atoms with van der Waals surface area (Å²) in [6.45, 7) is 5.47. The lowest BCUT2D eigenvalue weighted by Crippen LogP contribution is -2.25. The third kappa shape index (κ3) is 2.89. The summed E-state index contributed by atoms with van der Waals surface area (Å²) in [4.78, 5) is 0. The highest BCUT2D eigenvalue weighted by Gasteiger charge is 2.11. The molecule has 0 aliphatic heterocycles. The van der Waals surface area contributed by atoms with Crippen LogP contribution in [-0.2, 0) is 0 Å². The first-order valence-electron chi connectivity index (χ1n) is 4.61. The van der Waals surface area contributed by atoms with Crippen molar-refractivity contribution >= 4 is 11.6 Å². The number of hydrogen-bond acceptors (Lipinski definition) is 2. The van der Waals surface area contributed by atoms with Gasteiger partial charge in [-0.05, 0) is 38.5 Å². The van der Waals surface area contributed by atoms with Gasteiger partial charge in [-0.2, -0.15) is 0 Å². The van der Waals surface area contributed by atoms with Gasteiger partial charge >= 0.3 is 0 Å². The van der Waals surface area contributed by atoms with Gasteiger partial charge in [-0.1, -0.05) is 17.7 Å². The van der Waals surface area contributed by atoms with Gasteiger partial charge in [0.2, 0.25) is 0 Å². The van der Waals surface area contributed by atoms with E-state index >= 15 is 0 Å². The van der Waals surface area contributed by atoms with Crippen molar-refractivity contribution < 1.29 is 9.84 Å². The molecule has 2 nitrogen and oxygen atoms in total. The number of hydrogen-bond donors (Lipinski definition) is 1. The second kappa shape index (κ2) is 4.67. The summed E-state index contributed by atoms with van der Waals surface area (Å²) in [5.74, 6) is 0.728. The average Bonchev–Trinajstić information content (AvgIpc) is 2.11. The Labute approximate surface area is 89.5 Å². The summed E-state index contributed by atoms with van der Waals surface area (Å²) in [6.07, 6.45) is -0.722. The molecule has 2 unspecified atom stereocenters. The van der Waals surface area contributed by atoms with Gasteiger partial charge in [0.15, 0.2) is 0 Å². The summed E-state index contributed by atoms with van der Waals surface area (Å²) in [5, 5.41) is 9.93. The van der Waals surface area contributed by atoms with E-state index in [9.17, 15) is 5.11 Å². The lowest BCUT2D eigenvalue weighted by atomic mass is 10.2. The van der Waals surface area contributed by atoms with E-state index < -0.39 is 6.10 Å². The quantitative estimate of drug-likeness (QED) is 0.839. The number of aliphatic hydroxyl groups is 1. The summed E-state index contributed by atoms with van der Waals surface area (Å²) >= 11 is 5.84. The van der Waals surface area contributed by atoms with E-state index in [0.717, 1.165) is 11.3 Å². The van der Waals surface area contributed by atoms with Crippen molar-refractivity contribution in [2.24, 2.45) is 0 Å². The van der Waals surface area contributed by atoms with Crippen molar-refractivity contribution in [2.75, 3.05) is 0 Å². The van der Waals surface area contributed by atoms with Gasteiger partial charge in [-0.25, -0.2) is 0 Å². The fourth-order valence-electron chi connectivity index (χ4n) is 1.000. The van der Waals surface area contributed by atoms with E-state index in [4.69, 9.17) is 16.3 Å². The van der Waals surface area contributed by atoms with E-state index in [1.54, 1.807) is 13.0 Å². The Hall–Kier alpha value is -0.730. The van der Waals surface area contributed by atoms with E-state index in [0.29, 0.717) is 5.02 Å². The smallest absolute Gasteiger partial charge is 0.124 e. The van der Waals surface area contributed by atoms with Crippen LogP contribution in [0, 0.1) is 6.92 Å². The first-order valence-corrected chi connectivity index (χ1v) is 4.99. The van der Waals surface area contributed by atoms with Crippen LogP contribution in [0.3, 0.4) is 0 Å². The lowest BCUT2D eigenvalue weighted by molar-refractivity contribution is 0.0600. The third-order valence-corrected chi connectivity index (χ3v) is 2.38. The highest BCUT2D eigenvalue weighted by molar-refractivity contribution is 6.30. The molecule has 0 fully saturated rings. The highest BCUT2D eigenvalue weighted by Crippen LogP contribution is 2.23. The molecular weight excluding hydrogens is 200 g/mol. The van der Waals surface area contributed by atoms with Crippen molar-refractivity contribution in [1.29, 1.82) is 0 Å². The van der Waals surface area contributed by atoms with Crippen LogP contribution in [0.5, 0.6) is 5.75 Å². The lowest BCUT2D eigenvalue weighted by Gasteiger charge is -2.18. The van der Waals surface area contributed by atoms with Crippen LogP contribution in [0.2, 0.25) is 5.02 Å². The first-order chi connectivity index (χ1) is 6.50. The number of rotatable bonds is 3. The number of ether oxygens (including phenoxy) is 1. The maximum atomic E-state index is 9.28. The largest absolute Gasteiger partial charge is 0.488 e. The summed E-state index contributed by atoms with van der Waals surface area (Å²) < 4.78 is 5.55. The minimum absolute atomic E-state index is 0.229. The Bertz CT molecular complexity index is 310. The molecule has 0 heterocycles. The van der Waals surface area contributed by atoms with Crippen LogP contribution in [0.1, 0.15) is 19.4 Å². The van der Waals surface area contributed by atoms with Crippen LogP contribution >= 0.6 is 11.6 Å². The fraction of sp³-hybridized carbons (Fsp3) is 0.455. The van der Waals surface area contributed by atoms with Gasteiger partial charge in [0.05, 0.1) is 6.10 Å². The molecule has 14 heavy (non-hydrogen) atoms. The molecule has 1 aromatic rings. The Balaban J connectivity index is 2.80. The van der Waals surface area contributed by atoms with Gasteiger partial charge in [-0.15, -0.1) is 0 Å². The zero-order valence-electron chi connectivity index (χ0n) is 8.62. The standard InChI is InChI=1S/C11H15ClO2/c1-7-4-5-10(12)6-11(7)14-9(3)8(2)13/h4-6,8-9,13H,1-3H3. The van der Waals surface area contributed by atoms with Crippen molar-refractivity contribution in [3.05, 3.63) is 28.8 Å². The Morgan fingerprint density at radius 2 is 2.00 bits per heavy atom. The molecule has 0 radical (unpaired) electrons. The van der Waals surface area contributed by atoms with Gasteiger partial charge in [-0.3, -0.25) is 0 Å². The van der Waals surface area contributed by atoms with Gasteiger partial charge in [0.1, 0.15) is 11.9 Å². The molecule has 1 rings (SSSR count). The number of aryl methyl sites for hydroxylation is 1. The molecule has 0 saturated carbocycles. The second-order valence-corrected chi connectivity index (χ2v) is 3.91. The van der Waals surface area contributed by atoms with Crippen LogP contribution in [-0.4, -0.2) is 17.3 Å². The maximum absolute atomic E-state index is 9.28. The molecule has 0 bridgehead atoms. The van der Waals surface area contributed by atoms with E-state index in [1.165, 1.54) is 0 Å². The van der Waals surface area contributed by atoms with Crippen LogP contribution in [0.4, 0.5) is 0 Å². The van der Waals surface area contributed by atoms with Crippen molar-refractivity contribution in [2.45, 2.75) is 33.0 Å². The first kappa shape index (κ1) is 11.3. The summed E-state index contributed by atoms with van der Waals surface area (Å²) in [7, 11) is 0. The zero-order chi connectivity index (χ0) is 10.7. The second-order valence-electron chi connectivity index (χ2n) is 3.47. The predicted octanol–water partition coefficient (Wildman–Crippen LogP) is 2.80.